The largest absolute Gasteiger partial charge is 0.423 e. The number of halogens is 1. The first-order chi connectivity index (χ1) is 7.13. The molecule has 0 heterocycles. The maximum atomic E-state index is 11.5. The third-order valence-electron chi connectivity index (χ3n) is 1.84. The molecule has 0 saturated carbocycles. The molecular weight excluding hydrogens is 256 g/mol. The molecule has 0 radical (unpaired) electrons. The molecule has 0 aromatic heterocycles. The van der Waals surface area contributed by atoms with Gasteiger partial charge in [-0.05, 0) is 31.5 Å². The summed E-state index contributed by atoms with van der Waals surface area (Å²) >= 11 is 3.31. The van der Waals surface area contributed by atoms with Gasteiger partial charge >= 0.3 is 5.97 Å². The molecule has 0 aliphatic heterocycles. The highest BCUT2D eigenvalue weighted by molar-refractivity contribution is 9.10. The maximum Gasteiger partial charge on any atom is 0.338 e. The van der Waals surface area contributed by atoms with Crippen LogP contribution in [-0.4, -0.2) is 5.97 Å². The van der Waals surface area contributed by atoms with Crippen LogP contribution in [0.4, 0.5) is 0 Å². The predicted octanol–water partition coefficient (Wildman–Crippen LogP) is 3.71. The molecule has 0 amide bonds. The molecule has 15 heavy (non-hydrogen) atoms. The van der Waals surface area contributed by atoms with Gasteiger partial charge in [0.25, 0.3) is 0 Å². The van der Waals surface area contributed by atoms with Crippen LogP contribution in [0.25, 0.3) is 0 Å². The minimum atomic E-state index is -0.296. The number of benzene rings is 1. The SMILES string of the molecule is CCC=C(C)C(=O)Oc1cccc(Br)c1. The van der Waals surface area contributed by atoms with E-state index < -0.39 is 0 Å². The number of carbonyl (C=O) groups excluding carboxylic acids is 1. The molecule has 1 rings (SSSR count). The third-order valence-corrected chi connectivity index (χ3v) is 2.33. The summed E-state index contributed by atoms with van der Waals surface area (Å²) < 4.78 is 6.07. The van der Waals surface area contributed by atoms with Crippen molar-refractivity contribution in [1.29, 1.82) is 0 Å². The maximum absolute atomic E-state index is 11.5. The first-order valence-corrected chi connectivity index (χ1v) is 5.57. The standard InChI is InChI=1S/C12H13BrO2/c1-3-5-9(2)12(14)15-11-7-4-6-10(13)8-11/h4-8H,3H2,1-2H3. The highest BCUT2D eigenvalue weighted by atomic mass is 79.9. The van der Waals surface area contributed by atoms with Crippen LogP contribution in [0, 0.1) is 0 Å². The molecule has 0 spiro atoms. The Labute approximate surface area is 98.1 Å². The van der Waals surface area contributed by atoms with Gasteiger partial charge in [0.15, 0.2) is 0 Å². The number of carbonyl (C=O) groups is 1. The van der Waals surface area contributed by atoms with Crippen LogP contribution in [-0.2, 0) is 4.79 Å². The second-order valence-corrected chi connectivity index (χ2v) is 4.06. The van der Waals surface area contributed by atoms with Crippen molar-refractivity contribution < 1.29 is 9.53 Å². The van der Waals surface area contributed by atoms with Gasteiger partial charge in [-0.2, -0.15) is 0 Å². The summed E-state index contributed by atoms with van der Waals surface area (Å²) in [6.45, 7) is 3.74. The molecule has 2 nitrogen and oxygen atoms in total. The molecule has 80 valence electrons. The smallest absolute Gasteiger partial charge is 0.338 e. The monoisotopic (exact) mass is 268 g/mol. The van der Waals surface area contributed by atoms with Crippen molar-refractivity contribution in [2.75, 3.05) is 0 Å². The molecule has 1 aromatic rings. The van der Waals surface area contributed by atoms with Crippen molar-refractivity contribution in [2.24, 2.45) is 0 Å². The average Bonchev–Trinajstić information content (AvgIpc) is 2.18. The molecule has 0 fully saturated rings. The first kappa shape index (κ1) is 12.0. The van der Waals surface area contributed by atoms with E-state index in [1.807, 2.05) is 25.1 Å². The van der Waals surface area contributed by atoms with Crippen molar-refractivity contribution in [2.45, 2.75) is 20.3 Å². The summed E-state index contributed by atoms with van der Waals surface area (Å²) in [5.74, 6) is 0.258. The van der Waals surface area contributed by atoms with E-state index in [0.29, 0.717) is 11.3 Å². The molecular formula is C12H13BrO2. The normalized spacial score (nSPS) is 11.3. The van der Waals surface area contributed by atoms with Gasteiger partial charge in [-0.15, -0.1) is 0 Å². The number of hydrogen-bond acceptors (Lipinski definition) is 2. The van der Waals surface area contributed by atoms with E-state index in [-0.39, 0.29) is 5.97 Å². The van der Waals surface area contributed by atoms with E-state index >= 15 is 0 Å². The quantitative estimate of drug-likeness (QED) is 0.475. The number of ether oxygens (including phenoxy) is 1. The van der Waals surface area contributed by atoms with Gasteiger partial charge in [0.05, 0.1) is 0 Å². The van der Waals surface area contributed by atoms with Gasteiger partial charge in [-0.25, -0.2) is 4.79 Å². The van der Waals surface area contributed by atoms with Crippen LogP contribution < -0.4 is 4.74 Å². The Morgan fingerprint density at radius 1 is 1.53 bits per heavy atom. The van der Waals surface area contributed by atoms with Gasteiger partial charge in [0.2, 0.25) is 0 Å². The summed E-state index contributed by atoms with van der Waals surface area (Å²) in [5, 5.41) is 0. The summed E-state index contributed by atoms with van der Waals surface area (Å²) in [5.41, 5.74) is 0.637. The lowest BCUT2D eigenvalue weighted by atomic mass is 10.2. The van der Waals surface area contributed by atoms with Crippen LogP contribution in [0.15, 0.2) is 40.4 Å². The minimum absolute atomic E-state index is 0.296. The predicted molar refractivity (Wildman–Crippen MR) is 63.8 cm³/mol. The first-order valence-electron chi connectivity index (χ1n) is 4.78. The lowest BCUT2D eigenvalue weighted by molar-refractivity contribution is -0.130. The molecule has 0 aliphatic carbocycles. The summed E-state index contributed by atoms with van der Waals surface area (Å²) in [6.07, 6.45) is 2.68. The average molecular weight is 269 g/mol. The van der Waals surface area contributed by atoms with Crippen molar-refractivity contribution in [3.8, 4) is 5.75 Å². The van der Waals surface area contributed by atoms with E-state index in [1.54, 1.807) is 19.1 Å². The van der Waals surface area contributed by atoms with Crippen LogP contribution in [0.3, 0.4) is 0 Å². The molecule has 0 saturated heterocycles. The minimum Gasteiger partial charge on any atom is -0.423 e. The Bertz CT molecular complexity index is 383. The number of rotatable bonds is 3. The fraction of sp³-hybridized carbons (Fsp3) is 0.250. The van der Waals surface area contributed by atoms with E-state index in [9.17, 15) is 4.79 Å². The Hall–Kier alpha value is -1.09. The van der Waals surface area contributed by atoms with Crippen molar-refractivity contribution in [3.05, 3.63) is 40.4 Å². The second kappa shape index (κ2) is 5.71. The fourth-order valence-corrected chi connectivity index (χ4v) is 1.49. The second-order valence-electron chi connectivity index (χ2n) is 3.14. The van der Waals surface area contributed by atoms with E-state index in [2.05, 4.69) is 15.9 Å². The topological polar surface area (TPSA) is 26.3 Å². The lowest BCUT2D eigenvalue weighted by Crippen LogP contribution is -2.08. The van der Waals surface area contributed by atoms with Gasteiger partial charge in [-0.1, -0.05) is 35.0 Å². The molecule has 0 unspecified atom stereocenters. The summed E-state index contributed by atoms with van der Waals surface area (Å²) in [6, 6.07) is 7.22. The van der Waals surface area contributed by atoms with Gasteiger partial charge in [-0.3, -0.25) is 0 Å². The Balaban J connectivity index is 2.70. The highest BCUT2D eigenvalue weighted by Crippen LogP contribution is 2.18. The van der Waals surface area contributed by atoms with E-state index in [4.69, 9.17) is 4.74 Å². The lowest BCUT2D eigenvalue weighted by Gasteiger charge is -2.04. The Kier molecular flexibility index (Phi) is 4.56. The number of hydrogen-bond donors (Lipinski definition) is 0. The molecule has 1 aromatic carbocycles. The van der Waals surface area contributed by atoms with Crippen molar-refractivity contribution in [3.63, 3.8) is 0 Å². The highest BCUT2D eigenvalue weighted by Gasteiger charge is 2.06. The van der Waals surface area contributed by atoms with E-state index in [1.165, 1.54) is 0 Å². The number of allylic oxidation sites excluding steroid dienone is 1. The van der Waals surface area contributed by atoms with Gasteiger partial charge < -0.3 is 4.74 Å². The van der Waals surface area contributed by atoms with Crippen LogP contribution >= 0.6 is 15.9 Å². The van der Waals surface area contributed by atoms with Crippen LogP contribution in [0.1, 0.15) is 20.3 Å². The molecule has 0 aliphatic rings. The zero-order valence-corrected chi connectivity index (χ0v) is 10.4. The van der Waals surface area contributed by atoms with Gasteiger partial charge in [0, 0.05) is 10.0 Å². The summed E-state index contributed by atoms with van der Waals surface area (Å²) in [7, 11) is 0. The molecule has 0 N–H and O–H groups in total. The molecule has 0 atom stereocenters. The Morgan fingerprint density at radius 3 is 2.87 bits per heavy atom. The fourth-order valence-electron chi connectivity index (χ4n) is 1.11. The van der Waals surface area contributed by atoms with Gasteiger partial charge in [0.1, 0.15) is 5.75 Å². The van der Waals surface area contributed by atoms with Crippen LogP contribution in [0.2, 0.25) is 0 Å². The zero-order chi connectivity index (χ0) is 11.3. The number of esters is 1. The van der Waals surface area contributed by atoms with Crippen molar-refractivity contribution >= 4 is 21.9 Å². The van der Waals surface area contributed by atoms with Crippen molar-refractivity contribution in [1.82, 2.24) is 0 Å². The molecule has 0 bridgehead atoms. The third kappa shape index (κ3) is 3.88. The summed E-state index contributed by atoms with van der Waals surface area (Å²) in [4.78, 5) is 11.5. The van der Waals surface area contributed by atoms with Crippen LogP contribution in [0.5, 0.6) is 5.75 Å². The Morgan fingerprint density at radius 2 is 2.27 bits per heavy atom. The van der Waals surface area contributed by atoms with E-state index in [0.717, 1.165) is 10.9 Å². The molecule has 3 heteroatoms. The zero-order valence-electron chi connectivity index (χ0n) is 8.79.